The van der Waals surface area contributed by atoms with E-state index >= 15 is 0 Å². The van der Waals surface area contributed by atoms with Crippen LogP contribution in [0.25, 0.3) is 0 Å². The summed E-state index contributed by atoms with van der Waals surface area (Å²) in [4.78, 5) is 23.6. The molecule has 0 aliphatic rings. The number of Topliss-reactive ketones (excluding diaryl/α,β-unsaturated/α-hetero) is 1. The summed E-state index contributed by atoms with van der Waals surface area (Å²) in [6, 6.07) is 6.88. The molecule has 1 aromatic rings. The predicted octanol–water partition coefficient (Wildman–Crippen LogP) is 4.01. The fourth-order valence-corrected chi connectivity index (χ4v) is 1.98. The van der Waals surface area contributed by atoms with Crippen molar-refractivity contribution in [1.29, 1.82) is 0 Å². The van der Waals surface area contributed by atoms with Gasteiger partial charge in [0.1, 0.15) is 5.75 Å². The molecule has 0 saturated heterocycles. The van der Waals surface area contributed by atoms with Gasteiger partial charge < -0.3 is 4.74 Å². The number of hydrogen-bond donors (Lipinski definition) is 0. The Labute approximate surface area is 115 Å². The Morgan fingerprint density at radius 2 is 1.89 bits per heavy atom. The molecule has 3 nitrogen and oxygen atoms in total. The van der Waals surface area contributed by atoms with E-state index in [1.807, 2.05) is 6.92 Å². The topological polar surface area (TPSA) is 43.4 Å². The summed E-state index contributed by atoms with van der Waals surface area (Å²) in [5.74, 6) is -0.0374. The number of carbonyl (C=O) groups is 2. The van der Waals surface area contributed by atoms with Crippen LogP contribution in [0.5, 0.6) is 5.75 Å². The van der Waals surface area contributed by atoms with Crippen molar-refractivity contribution in [2.75, 3.05) is 0 Å². The van der Waals surface area contributed by atoms with Crippen LogP contribution in [-0.2, 0) is 4.79 Å². The van der Waals surface area contributed by atoms with Crippen LogP contribution in [0.15, 0.2) is 24.3 Å². The summed E-state index contributed by atoms with van der Waals surface area (Å²) in [5, 5.41) is 0. The first-order valence-corrected chi connectivity index (χ1v) is 6.91. The number of hydrogen-bond acceptors (Lipinski definition) is 3. The van der Waals surface area contributed by atoms with Gasteiger partial charge in [-0.3, -0.25) is 9.59 Å². The number of ketones is 1. The molecule has 0 radical (unpaired) electrons. The van der Waals surface area contributed by atoms with Crippen LogP contribution < -0.4 is 4.74 Å². The molecule has 0 N–H and O–H groups in total. The van der Waals surface area contributed by atoms with E-state index in [1.165, 1.54) is 6.92 Å². The van der Waals surface area contributed by atoms with Gasteiger partial charge >= 0.3 is 5.97 Å². The van der Waals surface area contributed by atoms with Gasteiger partial charge in [0.2, 0.25) is 0 Å². The van der Waals surface area contributed by atoms with Gasteiger partial charge in [0.05, 0.1) is 11.5 Å². The van der Waals surface area contributed by atoms with E-state index in [0.717, 1.165) is 25.7 Å². The first-order chi connectivity index (χ1) is 9.10. The second kappa shape index (κ2) is 7.72. The zero-order valence-corrected chi connectivity index (χ0v) is 11.9. The quantitative estimate of drug-likeness (QED) is 0.423. The van der Waals surface area contributed by atoms with Crippen LogP contribution in [0.2, 0.25) is 0 Å². The molecule has 0 fully saturated rings. The van der Waals surface area contributed by atoms with Crippen molar-refractivity contribution in [2.45, 2.75) is 46.5 Å². The van der Waals surface area contributed by atoms with E-state index in [4.69, 9.17) is 4.74 Å². The van der Waals surface area contributed by atoms with Crippen LogP contribution in [0.4, 0.5) is 0 Å². The van der Waals surface area contributed by atoms with Crippen molar-refractivity contribution in [3.05, 3.63) is 29.8 Å². The van der Waals surface area contributed by atoms with Crippen LogP contribution in [0, 0.1) is 5.92 Å². The molecular weight excluding hydrogens is 240 g/mol. The number of para-hydroxylation sites is 1. The monoisotopic (exact) mass is 262 g/mol. The maximum atomic E-state index is 12.1. The number of benzene rings is 1. The van der Waals surface area contributed by atoms with Gasteiger partial charge in [-0.05, 0) is 31.9 Å². The second-order valence-corrected chi connectivity index (χ2v) is 4.72. The molecule has 1 atom stereocenters. The van der Waals surface area contributed by atoms with Crippen molar-refractivity contribution < 1.29 is 14.3 Å². The predicted molar refractivity (Wildman–Crippen MR) is 75.4 cm³/mol. The summed E-state index contributed by atoms with van der Waals surface area (Å²) >= 11 is 0. The summed E-state index contributed by atoms with van der Waals surface area (Å²) in [6.07, 6.45) is 3.69. The summed E-state index contributed by atoms with van der Waals surface area (Å²) in [6.45, 7) is 5.56. The van der Waals surface area contributed by atoms with Crippen LogP contribution in [0.3, 0.4) is 0 Å². The van der Waals surface area contributed by atoms with Gasteiger partial charge in [0, 0.05) is 0 Å². The molecule has 19 heavy (non-hydrogen) atoms. The van der Waals surface area contributed by atoms with Crippen LogP contribution >= 0.6 is 0 Å². The molecule has 0 bridgehead atoms. The maximum absolute atomic E-state index is 12.1. The number of esters is 1. The SMILES string of the molecule is CCCCC(CC)C(=O)Oc1ccccc1C(C)=O. The highest BCUT2D eigenvalue weighted by atomic mass is 16.5. The standard InChI is InChI=1S/C16H22O3/c1-4-6-9-13(5-2)16(18)19-15-11-8-7-10-14(15)12(3)17/h7-8,10-11,13H,4-6,9H2,1-3H3. The minimum absolute atomic E-state index is 0.0834. The third-order valence-corrected chi connectivity index (χ3v) is 3.21. The fourth-order valence-electron chi connectivity index (χ4n) is 1.98. The van der Waals surface area contributed by atoms with Gasteiger partial charge in [-0.15, -0.1) is 0 Å². The Bertz CT molecular complexity index is 437. The van der Waals surface area contributed by atoms with Gasteiger partial charge in [-0.25, -0.2) is 0 Å². The molecule has 104 valence electrons. The Morgan fingerprint density at radius 3 is 2.47 bits per heavy atom. The van der Waals surface area contributed by atoms with Gasteiger partial charge in [-0.2, -0.15) is 0 Å². The van der Waals surface area contributed by atoms with Crippen molar-refractivity contribution in [3.8, 4) is 5.75 Å². The second-order valence-electron chi connectivity index (χ2n) is 4.72. The summed E-state index contributed by atoms with van der Waals surface area (Å²) in [5.41, 5.74) is 0.459. The van der Waals surface area contributed by atoms with E-state index in [9.17, 15) is 9.59 Å². The summed E-state index contributed by atoms with van der Waals surface area (Å²) < 4.78 is 5.40. The fraction of sp³-hybridized carbons (Fsp3) is 0.500. The van der Waals surface area contributed by atoms with Crippen molar-refractivity contribution in [3.63, 3.8) is 0 Å². The molecule has 0 amide bonds. The van der Waals surface area contributed by atoms with Crippen molar-refractivity contribution in [2.24, 2.45) is 5.92 Å². The Balaban J connectivity index is 2.78. The molecule has 0 heterocycles. The lowest BCUT2D eigenvalue weighted by Gasteiger charge is -2.14. The lowest BCUT2D eigenvalue weighted by molar-refractivity contribution is -0.139. The van der Waals surface area contributed by atoms with Gasteiger partial charge in [0.25, 0.3) is 0 Å². The average molecular weight is 262 g/mol. The molecule has 0 aliphatic carbocycles. The molecule has 0 saturated carbocycles. The average Bonchev–Trinajstić information content (AvgIpc) is 2.40. The van der Waals surface area contributed by atoms with Crippen molar-refractivity contribution in [1.82, 2.24) is 0 Å². The number of ether oxygens (including phenoxy) is 1. The van der Waals surface area contributed by atoms with Crippen LogP contribution in [0.1, 0.15) is 56.8 Å². The highest BCUT2D eigenvalue weighted by Crippen LogP contribution is 2.22. The minimum atomic E-state index is -0.232. The minimum Gasteiger partial charge on any atom is -0.426 e. The largest absolute Gasteiger partial charge is 0.426 e. The molecule has 3 heteroatoms. The molecular formula is C16H22O3. The highest BCUT2D eigenvalue weighted by Gasteiger charge is 2.20. The third kappa shape index (κ3) is 4.51. The van der Waals surface area contributed by atoms with E-state index < -0.39 is 0 Å². The van der Waals surface area contributed by atoms with Gasteiger partial charge in [-0.1, -0.05) is 38.8 Å². The molecule has 1 aromatic carbocycles. The summed E-state index contributed by atoms with van der Waals surface area (Å²) in [7, 11) is 0. The van der Waals surface area contributed by atoms with Crippen molar-refractivity contribution >= 4 is 11.8 Å². The Kier molecular flexibility index (Phi) is 6.26. The van der Waals surface area contributed by atoms with Crippen LogP contribution in [-0.4, -0.2) is 11.8 Å². The van der Waals surface area contributed by atoms with E-state index in [1.54, 1.807) is 24.3 Å². The number of carbonyl (C=O) groups excluding carboxylic acids is 2. The smallest absolute Gasteiger partial charge is 0.314 e. The molecule has 0 aliphatic heterocycles. The number of unbranched alkanes of at least 4 members (excludes halogenated alkanes) is 1. The Morgan fingerprint density at radius 1 is 1.21 bits per heavy atom. The first-order valence-electron chi connectivity index (χ1n) is 6.91. The van der Waals surface area contributed by atoms with E-state index in [2.05, 4.69) is 6.92 Å². The Hall–Kier alpha value is -1.64. The molecule has 0 spiro atoms. The number of rotatable bonds is 7. The molecule has 1 unspecified atom stereocenters. The normalized spacial score (nSPS) is 11.9. The zero-order valence-electron chi connectivity index (χ0n) is 11.9. The van der Waals surface area contributed by atoms with E-state index in [-0.39, 0.29) is 17.7 Å². The maximum Gasteiger partial charge on any atom is 0.314 e. The lowest BCUT2D eigenvalue weighted by atomic mass is 9.99. The lowest BCUT2D eigenvalue weighted by Crippen LogP contribution is -2.20. The van der Waals surface area contributed by atoms with E-state index in [0.29, 0.717) is 11.3 Å². The molecule has 0 aromatic heterocycles. The van der Waals surface area contributed by atoms with Gasteiger partial charge in [0.15, 0.2) is 5.78 Å². The first kappa shape index (κ1) is 15.4. The third-order valence-electron chi connectivity index (χ3n) is 3.21. The highest BCUT2D eigenvalue weighted by molar-refractivity contribution is 5.97. The molecule has 1 rings (SSSR count). The zero-order chi connectivity index (χ0) is 14.3.